The van der Waals surface area contributed by atoms with Gasteiger partial charge in [0.15, 0.2) is 0 Å². The molecule has 0 atom stereocenters. The Bertz CT molecular complexity index is 330. The first kappa shape index (κ1) is 11.1. The van der Waals surface area contributed by atoms with Crippen molar-refractivity contribution in [3.05, 3.63) is 12.4 Å². The Kier molecular flexibility index (Phi) is 3.54. The van der Waals surface area contributed by atoms with Gasteiger partial charge in [0, 0.05) is 18.8 Å². The molecule has 0 bridgehead atoms. The molecule has 0 radical (unpaired) electrons. The molecule has 0 saturated heterocycles. The minimum absolute atomic E-state index is 0.153. The Hall–Kier alpha value is -1.39. The first-order chi connectivity index (χ1) is 7.81. The monoisotopic (exact) mass is 222 g/mol. The number of hydrogen-bond donors (Lipinski definition) is 0. The van der Waals surface area contributed by atoms with Crippen molar-refractivity contribution in [1.82, 2.24) is 19.9 Å². The van der Waals surface area contributed by atoms with E-state index in [-0.39, 0.29) is 5.91 Å². The third kappa shape index (κ3) is 2.40. The minimum Gasteiger partial charge on any atom is -0.338 e. The van der Waals surface area contributed by atoms with E-state index in [4.69, 9.17) is 0 Å². The van der Waals surface area contributed by atoms with Gasteiger partial charge in [0.05, 0.1) is 6.20 Å². The molecule has 1 saturated carbocycles. The van der Waals surface area contributed by atoms with E-state index >= 15 is 0 Å². The van der Waals surface area contributed by atoms with Gasteiger partial charge in [-0.1, -0.05) is 18.1 Å². The highest BCUT2D eigenvalue weighted by molar-refractivity contribution is 5.76. The number of amides is 1. The van der Waals surface area contributed by atoms with Gasteiger partial charge < -0.3 is 4.90 Å². The third-order valence-electron chi connectivity index (χ3n) is 3.20. The van der Waals surface area contributed by atoms with Crippen LogP contribution in [-0.2, 0) is 11.3 Å². The minimum atomic E-state index is 0.153. The van der Waals surface area contributed by atoms with Gasteiger partial charge in [0.25, 0.3) is 0 Å². The van der Waals surface area contributed by atoms with Crippen molar-refractivity contribution in [3.63, 3.8) is 0 Å². The first-order valence-corrected chi connectivity index (χ1v) is 5.95. The lowest BCUT2D eigenvalue weighted by Gasteiger charge is -2.27. The van der Waals surface area contributed by atoms with Gasteiger partial charge in [-0.25, -0.2) is 4.68 Å². The summed E-state index contributed by atoms with van der Waals surface area (Å²) in [5, 5.41) is 7.52. The van der Waals surface area contributed by atoms with Gasteiger partial charge in [0.1, 0.15) is 6.54 Å². The molecule has 16 heavy (non-hydrogen) atoms. The Labute approximate surface area is 95.4 Å². The van der Waals surface area contributed by atoms with Gasteiger partial charge >= 0.3 is 0 Å². The molecule has 0 unspecified atom stereocenters. The predicted molar refractivity (Wildman–Crippen MR) is 59.7 cm³/mol. The van der Waals surface area contributed by atoms with Gasteiger partial charge in [-0.2, -0.15) is 0 Å². The normalized spacial score (nSPS) is 16.6. The average Bonchev–Trinajstić information content (AvgIpc) is 2.91. The van der Waals surface area contributed by atoms with Crippen molar-refractivity contribution in [2.45, 2.75) is 45.2 Å². The predicted octanol–water partition coefficient (Wildman–Crippen LogP) is 1.07. The van der Waals surface area contributed by atoms with Crippen molar-refractivity contribution < 1.29 is 4.79 Å². The van der Waals surface area contributed by atoms with E-state index in [2.05, 4.69) is 10.3 Å². The smallest absolute Gasteiger partial charge is 0.244 e. The molecule has 5 nitrogen and oxygen atoms in total. The number of carbonyl (C=O) groups is 1. The van der Waals surface area contributed by atoms with Crippen LogP contribution < -0.4 is 0 Å². The number of aromatic nitrogens is 3. The fraction of sp³-hybridized carbons (Fsp3) is 0.727. The van der Waals surface area contributed by atoms with Crippen LogP contribution in [0.1, 0.15) is 32.6 Å². The quantitative estimate of drug-likeness (QED) is 0.765. The molecule has 1 aromatic heterocycles. The Morgan fingerprint density at radius 2 is 2.25 bits per heavy atom. The van der Waals surface area contributed by atoms with E-state index in [9.17, 15) is 4.79 Å². The third-order valence-corrected chi connectivity index (χ3v) is 3.20. The van der Waals surface area contributed by atoms with E-state index in [1.165, 1.54) is 12.8 Å². The molecule has 1 fully saturated rings. The summed E-state index contributed by atoms with van der Waals surface area (Å²) < 4.78 is 1.58. The zero-order valence-electron chi connectivity index (χ0n) is 9.67. The maximum atomic E-state index is 12.1. The lowest BCUT2D eigenvalue weighted by molar-refractivity contribution is -0.134. The fourth-order valence-electron chi connectivity index (χ4n) is 2.40. The zero-order valence-corrected chi connectivity index (χ0v) is 9.67. The molecule has 1 aromatic rings. The van der Waals surface area contributed by atoms with Crippen LogP contribution in [0.25, 0.3) is 0 Å². The van der Waals surface area contributed by atoms with Gasteiger partial charge in [-0.15, -0.1) is 5.10 Å². The van der Waals surface area contributed by atoms with E-state index in [1.807, 2.05) is 11.8 Å². The van der Waals surface area contributed by atoms with Crippen molar-refractivity contribution in [2.24, 2.45) is 0 Å². The van der Waals surface area contributed by atoms with Gasteiger partial charge in [-0.3, -0.25) is 4.79 Å². The molecule has 1 amide bonds. The Morgan fingerprint density at radius 1 is 1.50 bits per heavy atom. The molecule has 0 N–H and O–H groups in total. The van der Waals surface area contributed by atoms with Crippen LogP contribution in [0.4, 0.5) is 0 Å². The molecule has 0 aromatic carbocycles. The summed E-state index contributed by atoms with van der Waals surface area (Å²) in [4.78, 5) is 14.0. The first-order valence-electron chi connectivity index (χ1n) is 5.95. The van der Waals surface area contributed by atoms with Crippen LogP contribution in [0.5, 0.6) is 0 Å². The summed E-state index contributed by atoms with van der Waals surface area (Å²) in [6, 6.07) is 0.445. The summed E-state index contributed by atoms with van der Waals surface area (Å²) in [7, 11) is 0. The molecule has 1 aliphatic carbocycles. The molecule has 88 valence electrons. The van der Waals surface area contributed by atoms with Crippen LogP contribution in [0.3, 0.4) is 0 Å². The van der Waals surface area contributed by atoms with Crippen LogP contribution in [-0.4, -0.2) is 38.4 Å². The Morgan fingerprint density at radius 3 is 2.81 bits per heavy atom. The lowest BCUT2D eigenvalue weighted by atomic mass is 10.2. The molecule has 2 rings (SSSR count). The topological polar surface area (TPSA) is 51.0 Å². The molecule has 0 spiro atoms. The van der Waals surface area contributed by atoms with Crippen LogP contribution in [0.2, 0.25) is 0 Å². The van der Waals surface area contributed by atoms with Gasteiger partial charge in [-0.05, 0) is 19.8 Å². The van der Waals surface area contributed by atoms with E-state index in [0.717, 1.165) is 19.4 Å². The van der Waals surface area contributed by atoms with Crippen molar-refractivity contribution >= 4 is 5.91 Å². The maximum Gasteiger partial charge on any atom is 0.244 e. The zero-order chi connectivity index (χ0) is 11.4. The van der Waals surface area contributed by atoms with Crippen LogP contribution in [0, 0.1) is 0 Å². The highest BCUT2D eigenvalue weighted by Crippen LogP contribution is 2.23. The largest absolute Gasteiger partial charge is 0.338 e. The number of carbonyl (C=O) groups excluding carboxylic acids is 1. The molecule has 1 aliphatic rings. The number of likely N-dealkylation sites (N-methyl/N-ethyl adjacent to an activating group) is 1. The summed E-state index contributed by atoms with van der Waals surface area (Å²) >= 11 is 0. The molecule has 0 aliphatic heterocycles. The van der Waals surface area contributed by atoms with Gasteiger partial charge in [0.2, 0.25) is 5.91 Å². The number of nitrogens with zero attached hydrogens (tertiary/aromatic N) is 4. The maximum absolute atomic E-state index is 12.1. The highest BCUT2D eigenvalue weighted by atomic mass is 16.2. The molecular weight excluding hydrogens is 204 g/mol. The fourth-order valence-corrected chi connectivity index (χ4v) is 2.40. The second-order valence-corrected chi connectivity index (χ2v) is 4.22. The standard InChI is InChI=1S/C11H18N4O/c1-2-15(10-5-3-4-6-10)11(16)9-14-8-7-12-13-14/h7-8,10H,2-6,9H2,1H3. The van der Waals surface area contributed by atoms with Crippen LogP contribution >= 0.6 is 0 Å². The summed E-state index contributed by atoms with van der Waals surface area (Å²) in [5.74, 6) is 0.153. The molecule has 1 heterocycles. The second-order valence-electron chi connectivity index (χ2n) is 4.22. The van der Waals surface area contributed by atoms with Crippen molar-refractivity contribution in [1.29, 1.82) is 0 Å². The summed E-state index contributed by atoms with van der Waals surface area (Å²) in [6.45, 7) is 3.14. The average molecular weight is 222 g/mol. The molecular formula is C11H18N4O. The summed E-state index contributed by atoms with van der Waals surface area (Å²) in [5.41, 5.74) is 0. The van der Waals surface area contributed by atoms with E-state index in [0.29, 0.717) is 12.6 Å². The number of hydrogen-bond acceptors (Lipinski definition) is 3. The summed E-state index contributed by atoms with van der Waals surface area (Å²) in [6.07, 6.45) is 8.11. The molecule has 5 heteroatoms. The van der Waals surface area contributed by atoms with E-state index in [1.54, 1.807) is 17.1 Å². The second kappa shape index (κ2) is 5.09. The van der Waals surface area contributed by atoms with Crippen molar-refractivity contribution in [3.8, 4) is 0 Å². The lowest BCUT2D eigenvalue weighted by Crippen LogP contribution is -2.40. The number of rotatable bonds is 4. The van der Waals surface area contributed by atoms with Crippen molar-refractivity contribution in [2.75, 3.05) is 6.54 Å². The SMILES string of the molecule is CCN(C(=O)Cn1ccnn1)C1CCCC1. The highest BCUT2D eigenvalue weighted by Gasteiger charge is 2.25. The van der Waals surface area contributed by atoms with E-state index < -0.39 is 0 Å². The Balaban J connectivity index is 1.95. The van der Waals surface area contributed by atoms with Crippen LogP contribution in [0.15, 0.2) is 12.4 Å².